The summed E-state index contributed by atoms with van der Waals surface area (Å²) >= 11 is 1.62. The average molecular weight is 226 g/mol. The quantitative estimate of drug-likeness (QED) is 0.854. The number of hydrogen-bond donors (Lipinski definition) is 1. The van der Waals surface area contributed by atoms with Gasteiger partial charge < -0.3 is 5.11 Å². The Hall–Kier alpha value is -0.450. The molecular formula is C11H18N2OS. The van der Waals surface area contributed by atoms with Gasteiger partial charge in [0.15, 0.2) is 0 Å². The van der Waals surface area contributed by atoms with Gasteiger partial charge in [0, 0.05) is 6.20 Å². The molecule has 0 aromatic carbocycles. The minimum absolute atomic E-state index is 0.120. The summed E-state index contributed by atoms with van der Waals surface area (Å²) in [6.45, 7) is 5.78. The van der Waals surface area contributed by atoms with Crippen molar-refractivity contribution >= 4 is 11.3 Å². The maximum absolute atomic E-state index is 8.95. The van der Waals surface area contributed by atoms with Crippen LogP contribution in [0.5, 0.6) is 0 Å². The molecule has 4 heteroatoms. The van der Waals surface area contributed by atoms with Crippen molar-refractivity contribution in [1.82, 2.24) is 9.88 Å². The van der Waals surface area contributed by atoms with Crippen molar-refractivity contribution in [1.29, 1.82) is 0 Å². The second-order valence-corrected chi connectivity index (χ2v) is 5.54. The largest absolute Gasteiger partial charge is 0.391 e. The minimum Gasteiger partial charge on any atom is -0.391 e. The fourth-order valence-corrected chi connectivity index (χ4v) is 2.73. The first kappa shape index (κ1) is 11.0. The number of nitrogens with zero attached hydrogens (tertiary/aromatic N) is 2. The van der Waals surface area contributed by atoms with Gasteiger partial charge >= 0.3 is 0 Å². The van der Waals surface area contributed by atoms with Crippen LogP contribution in [0.25, 0.3) is 0 Å². The zero-order valence-corrected chi connectivity index (χ0v) is 9.96. The maximum atomic E-state index is 8.95. The van der Waals surface area contributed by atoms with Crippen LogP contribution in [0.4, 0.5) is 0 Å². The number of piperidine rings is 1. The lowest BCUT2D eigenvalue weighted by atomic mass is 9.99. The molecule has 1 N–H and O–H groups in total. The molecular weight excluding hydrogens is 208 g/mol. The van der Waals surface area contributed by atoms with E-state index in [2.05, 4.69) is 16.8 Å². The Morgan fingerprint density at radius 1 is 1.53 bits per heavy atom. The molecule has 1 saturated heterocycles. The molecule has 1 aromatic rings. The summed E-state index contributed by atoms with van der Waals surface area (Å²) in [4.78, 5) is 7.74. The summed E-state index contributed by atoms with van der Waals surface area (Å²) in [5, 5.41) is 10.1. The fourth-order valence-electron chi connectivity index (χ4n) is 1.91. The summed E-state index contributed by atoms with van der Waals surface area (Å²) in [6, 6.07) is 0. The Balaban J connectivity index is 1.86. The van der Waals surface area contributed by atoms with Crippen LogP contribution >= 0.6 is 11.3 Å². The minimum atomic E-state index is 0.120. The van der Waals surface area contributed by atoms with Crippen molar-refractivity contribution in [3.63, 3.8) is 0 Å². The van der Waals surface area contributed by atoms with Gasteiger partial charge in [0.2, 0.25) is 0 Å². The van der Waals surface area contributed by atoms with Crippen molar-refractivity contribution in [2.24, 2.45) is 5.92 Å². The van der Waals surface area contributed by atoms with Gasteiger partial charge in [0.1, 0.15) is 5.01 Å². The Morgan fingerprint density at radius 3 is 2.87 bits per heavy atom. The lowest BCUT2D eigenvalue weighted by Crippen LogP contribution is -2.32. The SMILES string of the molecule is CC1CCN(Cc2ncc(CO)s2)CC1. The van der Waals surface area contributed by atoms with E-state index >= 15 is 0 Å². The van der Waals surface area contributed by atoms with Gasteiger partial charge in [-0.2, -0.15) is 0 Å². The van der Waals surface area contributed by atoms with Crippen molar-refractivity contribution in [3.05, 3.63) is 16.1 Å². The number of thiazole rings is 1. The average Bonchev–Trinajstić information content (AvgIpc) is 2.69. The van der Waals surface area contributed by atoms with Crippen LogP contribution in [0.2, 0.25) is 0 Å². The number of hydrogen-bond acceptors (Lipinski definition) is 4. The van der Waals surface area contributed by atoms with E-state index in [4.69, 9.17) is 5.11 Å². The normalized spacial score (nSPS) is 19.6. The van der Waals surface area contributed by atoms with Gasteiger partial charge in [0.05, 0.1) is 18.0 Å². The maximum Gasteiger partial charge on any atom is 0.107 e. The first-order valence-electron chi connectivity index (χ1n) is 5.54. The fraction of sp³-hybridized carbons (Fsp3) is 0.727. The van der Waals surface area contributed by atoms with Gasteiger partial charge in [-0.05, 0) is 31.8 Å². The highest BCUT2D eigenvalue weighted by Crippen LogP contribution is 2.20. The summed E-state index contributed by atoms with van der Waals surface area (Å²) in [7, 11) is 0. The van der Waals surface area contributed by atoms with Crippen LogP contribution in [0, 0.1) is 5.92 Å². The van der Waals surface area contributed by atoms with E-state index in [0.717, 1.165) is 22.3 Å². The molecule has 1 aromatic heterocycles. The first-order chi connectivity index (χ1) is 7.28. The number of aliphatic hydroxyl groups excluding tert-OH is 1. The molecule has 0 aliphatic carbocycles. The molecule has 0 atom stereocenters. The molecule has 0 bridgehead atoms. The third kappa shape index (κ3) is 3.00. The van der Waals surface area contributed by atoms with Crippen LogP contribution in [-0.2, 0) is 13.2 Å². The second kappa shape index (κ2) is 5.05. The highest BCUT2D eigenvalue weighted by atomic mass is 32.1. The zero-order chi connectivity index (χ0) is 10.7. The molecule has 1 fully saturated rings. The third-order valence-electron chi connectivity index (χ3n) is 2.99. The van der Waals surface area contributed by atoms with E-state index in [0.29, 0.717) is 0 Å². The van der Waals surface area contributed by atoms with Gasteiger partial charge in [-0.3, -0.25) is 4.90 Å². The second-order valence-electron chi connectivity index (χ2n) is 4.34. The first-order valence-corrected chi connectivity index (χ1v) is 6.36. The van der Waals surface area contributed by atoms with Crippen molar-refractivity contribution in [2.75, 3.05) is 13.1 Å². The van der Waals surface area contributed by atoms with E-state index in [1.54, 1.807) is 17.5 Å². The summed E-state index contributed by atoms with van der Waals surface area (Å²) in [5.41, 5.74) is 0. The third-order valence-corrected chi connectivity index (χ3v) is 3.96. The molecule has 0 saturated carbocycles. The van der Waals surface area contributed by atoms with Crippen LogP contribution in [0.3, 0.4) is 0 Å². The molecule has 0 spiro atoms. The molecule has 1 aliphatic heterocycles. The van der Waals surface area contributed by atoms with Gasteiger partial charge in [-0.1, -0.05) is 6.92 Å². The predicted molar refractivity (Wildman–Crippen MR) is 61.7 cm³/mol. The highest BCUT2D eigenvalue weighted by molar-refractivity contribution is 7.11. The predicted octanol–water partition coefficient (Wildman–Crippen LogP) is 1.87. The lowest BCUT2D eigenvalue weighted by Gasteiger charge is -2.29. The van der Waals surface area contributed by atoms with Crippen LogP contribution in [0.15, 0.2) is 6.20 Å². The molecule has 0 amide bonds. The van der Waals surface area contributed by atoms with Crippen molar-refractivity contribution in [3.8, 4) is 0 Å². The number of rotatable bonds is 3. The molecule has 2 heterocycles. The summed E-state index contributed by atoms with van der Waals surface area (Å²) < 4.78 is 0. The Morgan fingerprint density at radius 2 is 2.27 bits per heavy atom. The molecule has 3 nitrogen and oxygen atoms in total. The number of aliphatic hydroxyl groups is 1. The standard InChI is InChI=1S/C11H18N2OS/c1-9-2-4-13(5-3-9)7-11-12-6-10(8-14)15-11/h6,9,14H,2-5,7-8H2,1H3. The molecule has 2 rings (SSSR count). The zero-order valence-electron chi connectivity index (χ0n) is 9.15. The monoisotopic (exact) mass is 226 g/mol. The van der Waals surface area contributed by atoms with Crippen LogP contribution < -0.4 is 0 Å². The van der Waals surface area contributed by atoms with E-state index < -0.39 is 0 Å². The highest BCUT2D eigenvalue weighted by Gasteiger charge is 2.16. The van der Waals surface area contributed by atoms with E-state index in [9.17, 15) is 0 Å². The summed E-state index contributed by atoms with van der Waals surface area (Å²) in [6.07, 6.45) is 4.39. The Labute approximate surface area is 94.8 Å². The molecule has 0 radical (unpaired) electrons. The van der Waals surface area contributed by atoms with Crippen LogP contribution in [0.1, 0.15) is 29.7 Å². The van der Waals surface area contributed by atoms with Gasteiger partial charge in [-0.15, -0.1) is 11.3 Å². The molecule has 15 heavy (non-hydrogen) atoms. The van der Waals surface area contributed by atoms with Crippen LogP contribution in [-0.4, -0.2) is 28.1 Å². The number of aromatic nitrogens is 1. The van der Waals surface area contributed by atoms with Gasteiger partial charge in [0.25, 0.3) is 0 Å². The molecule has 0 unspecified atom stereocenters. The van der Waals surface area contributed by atoms with E-state index in [1.165, 1.54) is 25.9 Å². The van der Waals surface area contributed by atoms with E-state index in [1.807, 2.05) is 0 Å². The van der Waals surface area contributed by atoms with E-state index in [-0.39, 0.29) is 6.61 Å². The van der Waals surface area contributed by atoms with Crippen molar-refractivity contribution in [2.45, 2.75) is 32.9 Å². The lowest BCUT2D eigenvalue weighted by molar-refractivity contribution is 0.185. The smallest absolute Gasteiger partial charge is 0.107 e. The topological polar surface area (TPSA) is 36.4 Å². The Kier molecular flexibility index (Phi) is 3.72. The van der Waals surface area contributed by atoms with Crippen molar-refractivity contribution < 1.29 is 5.11 Å². The van der Waals surface area contributed by atoms with Gasteiger partial charge in [-0.25, -0.2) is 4.98 Å². The number of likely N-dealkylation sites (tertiary alicyclic amines) is 1. The summed E-state index contributed by atoms with van der Waals surface area (Å²) in [5.74, 6) is 0.880. The Bertz CT molecular complexity index is 305. The molecule has 1 aliphatic rings. The molecule has 84 valence electrons.